The molecule has 2 aliphatic rings. The van der Waals surface area contributed by atoms with E-state index in [4.69, 9.17) is 21.3 Å². The van der Waals surface area contributed by atoms with E-state index < -0.39 is 23.0 Å². The zero-order valence-corrected chi connectivity index (χ0v) is 24.6. The van der Waals surface area contributed by atoms with E-state index in [-0.39, 0.29) is 35.8 Å². The van der Waals surface area contributed by atoms with E-state index in [2.05, 4.69) is 21.2 Å². The molecule has 3 aromatic carbocycles. The highest BCUT2D eigenvalue weighted by Crippen LogP contribution is 2.47. The summed E-state index contributed by atoms with van der Waals surface area (Å²) in [6.45, 7) is 4.17. The molecule has 0 spiro atoms. The van der Waals surface area contributed by atoms with Gasteiger partial charge < -0.3 is 15.0 Å². The number of carbonyl (C=O) groups excluding carboxylic acids is 2. The molecule has 10 nitrogen and oxygen atoms in total. The first-order valence-electron chi connectivity index (χ1n) is 13.0. The molecule has 0 aliphatic carbocycles. The minimum Gasteiger partial charge on any atom is -0.490 e. The van der Waals surface area contributed by atoms with Gasteiger partial charge in [-0.3, -0.25) is 24.8 Å². The van der Waals surface area contributed by atoms with Gasteiger partial charge in [0.25, 0.3) is 5.69 Å². The predicted molar refractivity (Wildman–Crippen MR) is 158 cm³/mol. The van der Waals surface area contributed by atoms with E-state index in [1.54, 1.807) is 23.1 Å². The van der Waals surface area contributed by atoms with Crippen LogP contribution in [0.2, 0.25) is 5.02 Å². The number of urea groups is 1. The highest BCUT2D eigenvalue weighted by atomic mass is 79.9. The van der Waals surface area contributed by atoms with Gasteiger partial charge in [-0.05, 0) is 49.2 Å². The lowest BCUT2D eigenvalue weighted by atomic mass is 9.93. The first kappa shape index (κ1) is 28.6. The number of benzene rings is 3. The number of carbonyl (C=O) groups is 2. The van der Waals surface area contributed by atoms with Gasteiger partial charge in [0, 0.05) is 28.7 Å². The van der Waals surface area contributed by atoms with Crippen LogP contribution in [-0.2, 0) is 4.79 Å². The van der Waals surface area contributed by atoms with Crippen molar-refractivity contribution in [3.8, 4) is 5.75 Å². The summed E-state index contributed by atoms with van der Waals surface area (Å²) in [4.78, 5) is 45.9. The van der Waals surface area contributed by atoms with Gasteiger partial charge in [-0.2, -0.15) is 0 Å². The molecule has 1 fully saturated rings. The Kier molecular flexibility index (Phi) is 8.27. The average Bonchev–Trinajstić information content (AvgIpc) is 3.33. The summed E-state index contributed by atoms with van der Waals surface area (Å²) < 4.78 is 6.81. The average molecular weight is 641 g/mol. The first-order chi connectivity index (χ1) is 19.6. The van der Waals surface area contributed by atoms with Gasteiger partial charge in [0.2, 0.25) is 5.91 Å². The molecule has 0 aromatic heterocycles. The predicted octanol–water partition coefficient (Wildman–Crippen LogP) is 5.89. The number of nitrogens with zero attached hydrogens (tertiary/aromatic N) is 4. The summed E-state index contributed by atoms with van der Waals surface area (Å²) in [6, 6.07) is 17.5. The number of hydrogen-bond donors (Lipinski definition) is 1. The third-order valence-corrected chi connectivity index (χ3v) is 7.77. The maximum absolute atomic E-state index is 14.4. The van der Waals surface area contributed by atoms with E-state index in [1.165, 1.54) is 17.0 Å². The van der Waals surface area contributed by atoms with E-state index in [0.29, 0.717) is 23.7 Å². The van der Waals surface area contributed by atoms with Gasteiger partial charge in [0.15, 0.2) is 0 Å². The lowest BCUT2D eigenvalue weighted by molar-refractivity contribution is -0.384. The summed E-state index contributed by atoms with van der Waals surface area (Å²) in [7, 11) is 0. The zero-order chi connectivity index (χ0) is 29.3. The fraction of sp³-hybridized carbons (Fsp3) is 0.276. The van der Waals surface area contributed by atoms with Crippen molar-refractivity contribution >= 4 is 51.0 Å². The lowest BCUT2D eigenvalue weighted by Gasteiger charge is -2.36. The number of amides is 3. The van der Waals surface area contributed by atoms with Crippen LogP contribution >= 0.6 is 27.5 Å². The van der Waals surface area contributed by atoms with Crippen LogP contribution in [0.5, 0.6) is 5.75 Å². The highest BCUT2D eigenvalue weighted by molar-refractivity contribution is 9.10. The third-order valence-electron chi connectivity index (χ3n) is 6.80. The quantitative estimate of drug-likeness (QED) is 0.266. The number of piperazine rings is 1. The van der Waals surface area contributed by atoms with Gasteiger partial charge in [-0.1, -0.05) is 57.9 Å². The molecule has 3 amide bonds. The van der Waals surface area contributed by atoms with Crippen LogP contribution in [0.1, 0.15) is 42.6 Å². The number of amidine groups is 1. The molecule has 41 heavy (non-hydrogen) atoms. The van der Waals surface area contributed by atoms with Gasteiger partial charge in [0.1, 0.15) is 24.2 Å². The van der Waals surface area contributed by atoms with Crippen LogP contribution in [0.4, 0.5) is 10.5 Å². The standard InChI is InChI=1S/C29H27BrClN5O5/c1-17(2)41-24-15-20(36(39)40)11-12-22(24)28-33-26(18-7-9-19(31)10-8-18)27(21-5-3-4-6-23(21)30)35(28)29(38)34-14-13-32-25(37)16-34/h3-12,15,17,26-27H,13-14,16H2,1-2H3,(H,32,37). The maximum atomic E-state index is 14.4. The van der Waals surface area contributed by atoms with Crippen molar-refractivity contribution < 1.29 is 19.2 Å². The minimum atomic E-state index is -0.624. The van der Waals surface area contributed by atoms with E-state index >= 15 is 0 Å². The van der Waals surface area contributed by atoms with Crippen LogP contribution in [0, 0.1) is 10.1 Å². The van der Waals surface area contributed by atoms with Crippen LogP contribution in [0.3, 0.4) is 0 Å². The molecule has 0 saturated carbocycles. The highest BCUT2D eigenvalue weighted by Gasteiger charge is 2.45. The molecule has 2 atom stereocenters. The number of ether oxygens (including phenoxy) is 1. The third kappa shape index (κ3) is 5.91. The maximum Gasteiger partial charge on any atom is 0.326 e. The number of halogens is 2. The Bertz CT molecular complexity index is 1530. The lowest BCUT2D eigenvalue weighted by Crippen LogP contribution is -2.55. The normalized spacial score (nSPS) is 18.8. The zero-order valence-electron chi connectivity index (χ0n) is 22.3. The molecule has 2 aliphatic heterocycles. The molecule has 1 saturated heterocycles. The number of nitrogens with one attached hydrogen (secondary N) is 1. The van der Waals surface area contributed by atoms with Crippen molar-refractivity contribution in [3.05, 3.63) is 103 Å². The molecular weight excluding hydrogens is 614 g/mol. The molecule has 1 N–H and O–H groups in total. The van der Waals surface area contributed by atoms with Gasteiger partial charge in [-0.25, -0.2) is 4.79 Å². The summed E-state index contributed by atoms with van der Waals surface area (Å²) in [5.74, 6) is 0.255. The van der Waals surface area contributed by atoms with Gasteiger partial charge in [0.05, 0.1) is 28.7 Å². The number of rotatable bonds is 6. The number of nitro benzene ring substituents is 1. The van der Waals surface area contributed by atoms with Crippen LogP contribution < -0.4 is 10.1 Å². The fourth-order valence-corrected chi connectivity index (χ4v) is 5.65. The number of non-ortho nitro benzene ring substituents is 1. The summed E-state index contributed by atoms with van der Waals surface area (Å²) in [5.41, 5.74) is 1.89. The van der Waals surface area contributed by atoms with Crippen LogP contribution in [-0.4, -0.2) is 58.2 Å². The van der Waals surface area contributed by atoms with Crippen molar-refractivity contribution in [2.24, 2.45) is 4.99 Å². The Labute approximate surface area is 250 Å². The topological polar surface area (TPSA) is 117 Å². The molecule has 2 heterocycles. The van der Waals surface area contributed by atoms with Gasteiger partial charge in [-0.15, -0.1) is 0 Å². The SMILES string of the molecule is CC(C)Oc1cc([N+](=O)[O-])ccc1C1=NC(c2ccc(Cl)cc2)C(c2ccccc2Br)N1C(=O)N1CCNC(=O)C1. The Morgan fingerprint density at radius 3 is 2.56 bits per heavy atom. The monoisotopic (exact) mass is 639 g/mol. The van der Waals surface area contributed by atoms with Crippen LogP contribution in [0.15, 0.2) is 76.2 Å². The van der Waals surface area contributed by atoms with Gasteiger partial charge >= 0.3 is 6.03 Å². The van der Waals surface area contributed by atoms with Crippen molar-refractivity contribution in [2.75, 3.05) is 19.6 Å². The Balaban J connectivity index is 1.74. The minimum absolute atomic E-state index is 0.105. The van der Waals surface area contributed by atoms with E-state index in [1.807, 2.05) is 50.2 Å². The van der Waals surface area contributed by atoms with E-state index in [9.17, 15) is 19.7 Å². The largest absolute Gasteiger partial charge is 0.490 e. The Hall–Kier alpha value is -3.96. The number of nitro groups is 1. The second-order valence-electron chi connectivity index (χ2n) is 9.94. The van der Waals surface area contributed by atoms with Crippen molar-refractivity contribution in [3.63, 3.8) is 0 Å². The summed E-state index contributed by atoms with van der Waals surface area (Å²) in [6.07, 6.45) is -0.307. The van der Waals surface area contributed by atoms with Crippen molar-refractivity contribution in [2.45, 2.75) is 32.0 Å². The van der Waals surface area contributed by atoms with Crippen molar-refractivity contribution in [1.29, 1.82) is 0 Å². The summed E-state index contributed by atoms with van der Waals surface area (Å²) in [5, 5.41) is 14.9. The molecule has 212 valence electrons. The molecular formula is C29H27BrClN5O5. The second-order valence-corrected chi connectivity index (χ2v) is 11.2. The number of aliphatic imine (C=N–C) groups is 1. The molecule has 3 aromatic rings. The molecule has 5 rings (SSSR count). The molecule has 0 radical (unpaired) electrons. The molecule has 2 unspecified atom stereocenters. The first-order valence-corrected chi connectivity index (χ1v) is 14.2. The summed E-state index contributed by atoms with van der Waals surface area (Å²) >= 11 is 9.86. The Morgan fingerprint density at radius 2 is 1.90 bits per heavy atom. The second kappa shape index (κ2) is 11.9. The van der Waals surface area contributed by atoms with E-state index in [0.717, 1.165) is 15.6 Å². The Morgan fingerprint density at radius 1 is 1.17 bits per heavy atom. The molecule has 0 bridgehead atoms. The smallest absolute Gasteiger partial charge is 0.326 e. The molecule has 12 heteroatoms. The number of hydrogen-bond acceptors (Lipinski definition) is 6. The van der Waals surface area contributed by atoms with Crippen molar-refractivity contribution in [1.82, 2.24) is 15.1 Å². The fourth-order valence-electron chi connectivity index (χ4n) is 5.00. The van der Waals surface area contributed by atoms with Crippen LogP contribution in [0.25, 0.3) is 0 Å².